The van der Waals surface area contributed by atoms with E-state index in [0.29, 0.717) is 0 Å². The minimum atomic E-state index is -2.44. The highest BCUT2D eigenvalue weighted by Crippen LogP contribution is 2.22. The van der Waals surface area contributed by atoms with Crippen molar-refractivity contribution in [1.82, 2.24) is 0 Å². The Balaban J connectivity index is 3.09. The van der Waals surface area contributed by atoms with Crippen LogP contribution in [0.3, 0.4) is 0 Å². The first-order chi connectivity index (χ1) is 9.44. The van der Waals surface area contributed by atoms with Gasteiger partial charge < -0.3 is 12.3 Å². The van der Waals surface area contributed by atoms with Crippen molar-refractivity contribution >= 4 is 39.7 Å². The van der Waals surface area contributed by atoms with Crippen LogP contribution in [0, 0.1) is 0 Å². The Morgan fingerprint density at radius 3 is 1.76 bits per heavy atom. The molecule has 1 rings (SSSR count). The molecule has 1 atom stereocenters. The molecule has 0 bridgehead atoms. The first-order valence-electron chi connectivity index (χ1n) is 7.57. The SMILES string of the molecule is C[SiH](C)O[Si](C)(C)O[Si](C)(O[Si](C)(C)C)c1ccccc1. The van der Waals surface area contributed by atoms with Crippen LogP contribution in [-0.4, -0.2) is 34.5 Å². The van der Waals surface area contributed by atoms with E-state index in [9.17, 15) is 0 Å². The normalized spacial score (nSPS) is 16.0. The molecular formula is C14H30O3Si4. The van der Waals surface area contributed by atoms with Gasteiger partial charge in [-0.2, -0.15) is 0 Å². The molecule has 1 aromatic rings. The van der Waals surface area contributed by atoms with Gasteiger partial charge in [0.1, 0.15) is 0 Å². The largest absolute Gasteiger partial charge is 0.440 e. The Labute approximate surface area is 135 Å². The van der Waals surface area contributed by atoms with Gasteiger partial charge >= 0.3 is 17.1 Å². The first-order valence-corrected chi connectivity index (χ1v) is 18.9. The lowest BCUT2D eigenvalue weighted by Crippen LogP contribution is -2.62. The van der Waals surface area contributed by atoms with E-state index < -0.39 is 34.5 Å². The van der Waals surface area contributed by atoms with Crippen LogP contribution in [-0.2, 0) is 12.3 Å². The van der Waals surface area contributed by atoms with Crippen molar-refractivity contribution < 1.29 is 12.3 Å². The van der Waals surface area contributed by atoms with E-state index in [1.165, 1.54) is 5.19 Å². The average molecular weight is 359 g/mol. The Hall–Kier alpha value is -0.0325. The topological polar surface area (TPSA) is 27.7 Å². The first kappa shape index (κ1) is 19.0. The quantitative estimate of drug-likeness (QED) is 0.698. The second kappa shape index (κ2) is 7.03. The summed E-state index contributed by atoms with van der Waals surface area (Å²) >= 11 is 0. The zero-order chi connectivity index (χ0) is 16.3. The molecule has 0 amide bonds. The fourth-order valence-corrected chi connectivity index (χ4v) is 18.4. The molecule has 0 heterocycles. The summed E-state index contributed by atoms with van der Waals surface area (Å²) in [6, 6.07) is 10.4. The van der Waals surface area contributed by atoms with Crippen molar-refractivity contribution in [3.63, 3.8) is 0 Å². The molecule has 0 N–H and O–H groups in total. The van der Waals surface area contributed by atoms with Crippen LogP contribution in [0.25, 0.3) is 0 Å². The lowest BCUT2D eigenvalue weighted by Gasteiger charge is -2.40. The molecule has 21 heavy (non-hydrogen) atoms. The van der Waals surface area contributed by atoms with Crippen LogP contribution in [0.2, 0.25) is 52.4 Å². The lowest BCUT2D eigenvalue weighted by atomic mass is 10.4. The molecule has 1 aromatic carbocycles. The smallest absolute Gasteiger partial charge is 0.350 e. The highest BCUT2D eigenvalue weighted by Gasteiger charge is 2.44. The van der Waals surface area contributed by atoms with Gasteiger partial charge in [-0.25, -0.2) is 0 Å². The second-order valence-electron chi connectivity index (χ2n) is 7.19. The molecule has 7 heteroatoms. The fraction of sp³-hybridized carbons (Fsp3) is 0.571. The van der Waals surface area contributed by atoms with Crippen LogP contribution in [0.15, 0.2) is 30.3 Å². The maximum atomic E-state index is 6.60. The minimum Gasteiger partial charge on any atom is -0.440 e. The molecule has 0 aliphatic carbocycles. The molecule has 0 radical (unpaired) electrons. The summed E-state index contributed by atoms with van der Waals surface area (Å²) in [6.07, 6.45) is 0. The minimum absolute atomic E-state index is 1.12. The summed E-state index contributed by atoms with van der Waals surface area (Å²) in [5.74, 6) is 0. The third-order valence-corrected chi connectivity index (χ3v) is 15.8. The van der Waals surface area contributed by atoms with Crippen LogP contribution in [0.1, 0.15) is 0 Å². The summed E-state index contributed by atoms with van der Waals surface area (Å²) in [5.41, 5.74) is 0. The van der Waals surface area contributed by atoms with E-state index in [2.05, 4.69) is 76.6 Å². The van der Waals surface area contributed by atoms with E-state index in [4.69, 9.17) is 12.3 Å². The van der Waals surface area contributed by atoms with E-state index in [1.54, 1.807) is 0 Å². The second-order valence-corrected chi connectivity index (χ2v) is 21.4. The molecule has 0 spiro atoms. The van der Waals surface area contributed by atoms with Crippen molar-refractivity contribution in [3.05, 3.63) is 30.3 Å². The standard InChI is InChI=1S/C14H30O3Si4/c1-18(2)15-20(6,7)17-21(8,16-19(3,4)5)14-12-10-9-11-13-14/h9-13,18H,1-8H3. The third-order valence-electron chi connectivity index (χ3n) is 2.76. The molecular weight excluding hydrogens is 328 g/mol. The molecule has 0 aromatic heterocycles. The molecule has 120 valence electrons. The van der Waals surface area contributed by atoms with Crippen molar-refractivity contribution in [2.75, 3.05) is 0 Å². The van der Waals surface area contributed by atoms with Gasteiger partial charge in [-0.15, -0.1) is 0 Å². The van der Waals surface area contributed by atoms with Gasteiger partial charge in [0.25, 0.3) is 0 Å². The van der Waals surface area contributed by atoms with E-state index in [0.717, 1.165) is 0 Å². The Bertz CT molecular complexity index is 445. The summed E-state index contributed by atoms with van der Waals surface area (Å²) in [6.45, 7) is 17.5. The zero-order valence-electron chi connectivity index (χ0n) is 14.7. The summed E-state index contributed by atoms with van der Waals surface area (Å²) in [7, 11) is -7.42. The number of hydrogen-bond donors (Lipinski definition) is 0. The number of hydrogen-bond acceptors (Lipinski definition) is 3. The van der Waals surface area contributed by atoms with Crippen LogP contribution in [0.5, 0.6) is 0 Å². The molecule has 0 saturated heterocycles. The Kier molecular flexibility index (Phi) is 6.37. The summed E-state index contributed by atoms with van der Waals surface area (Å²) in [5, 5.41) is 1.20. The van der Waals surface area contributed by atoms with Gasteiger partial charge in [-0.1, -0.05) is 30.3 Å². The van der Waals surface area contributed by atoms with E-state index >= 15 is 0 Å². The van der Waals surface area contributed by atoms with Gasteiger partial charge in [-0.3, -0.25) is 0 Å². The predicted molar refractivity (Wildman–Crippen MR) is 101 cm³/mol. The Morgan fingerprint density at radius 2 is 1.33 bits per heavy atom. The molecule has 0 saturated carbocycles. The van der Waals surface area contributed by atoms with E-state index in [1.807, 2.05) is 6.07 Å². The molecule has 0 aliphatic heterocycles. The van der Waals surface area contributed by atoms with Gasteiger partial charge in [0, 0.05) is 0 Å². The lowest BCUT2D eigenvalue weighted by molar-refractivity contribution is 0.342. The molecule has 3 nitrogen and oxygen atoms in total. The van der Waals surface area contributed by atoms with Crippen molar-refractivity contribution in [2.45, 2.75) is 52.4 Å². The fourth-order valence-electron chi connectivity index (χ4n) is 2.52. The van der Waals surface area contributed by atoms with Gasteiger partial charge in [0.05, 0.1) is 0 Å². The van der Waals surface area contributed by atoms with Crippen molar-refractivity contribution in [3.8, 4) is 0 Å². The summed E-state index contributed by atoms with van der Waals surface area (Å²) in [4.78, 5) is 0. The number of rotatable bonds is 7. The van der Waals surface area contributed by atoms with Gasteiger partial charge in [0.15, 0.2) is 17.4 Å². The highest BCUT2D eigenvalue weighted by molar-refractivity contribution is 6.94. The van der Waals surface area contributed by atoms with Gasteiger partial charge in [0.2, 0.25) is 0 Å². The molecule has 0 fully saturated rings. The molecule has 0 aliphatic rings. The maximum absolute atomic E-state index is 6.60. The maximum Gasteiger partial charge on any atom is 0.350 e. The van der Waals surface area contributed by atoms with E-state index in [-0.39, 0.29) is 0 Å². The Morgan fingerprint density at radius 1 is 0.810 bits per heavy atom. The van der Waals surface area contributed by atoms with Crippen LogP contribution >= 0.6 is 0 Å². The van der Waals surface area contributed by atoms with Crippen molar-refractivity contribution in [2.24, 2.45) is 0 Å². The number of benzene rings is 1. The summed E-state index contributed by atoms with van der Waals surface area (Å²) < 4.78 is 19.4. The van der Waals surface area contributed by atoms with Crippen LogP contribution < -0.4 is 5.19 Å². The van der Waals surface area contributed by atoms with Crippen molar-refractivity contribution in [1.29, 1.82) is 0 Å². The molecule has 1 unspecified atom stereocenters. The zero-order valence-corrected chi connectivity index (χ0v) is 18.8. The third kappa shape index (κ3) is 6.72. The monoisotopic (exact) mass is 358 g/mol. The van der Waals surface area contributed by atoms with Crippen LogP contribution in [0.4, 0.5) is 0 Å². The average Bonchev–Trinajstić information content (AvgIpc) is 2.24. The van der Waals surface area contributed by atoms with Gasteiger partial charge in [-0.05, 0) is 57.6 Å². The predicted octanol–water partition coefficient (Wildman–Crippen LogP) is 3.54. The highest BCUT2D eigenvalue weighted by atomic mass is 28.5.